The third-order valence-electron chi connectivity index (χ3n) is 2.59. The molecule has 1 aromatic carbocycles. The number of ether oxygens (including phenoxy) is 2. The van der Waals surface area contributed by atoms with Crippen molar-refractivity contribution >= 4 is 5.69 Å². The highest BCUT2D eigenvalue weighted by molar-refractivity contribution is 5.56. The van der Waals surface area contributed by atoms with Gasteiger partial charge in [-0.15, -0.1) is 0 Å². The molecule has 0 spiro atoms. The van der Waals surface area contributed by atoms with Crippen LogP contribution >= 0.6 is 0 Å². The van der Waals surface area contributed by atoms with Crippen LogP contribution in [0, 0.1) is 0 Å². The molecule has 1 aromatic rings. The summed E-state index contributed by atoms with van der Waals surface area (Å²) in [5.74, 6) is 2.74. The van der Waals surface area contributed by atoms with Gasteiger partial charge in [0, 0.05) is 17.8 Å². The molecule has 0 saturated heterocycles. The Morgan fingerprint density at radius 3 is 2.81 bits per heavy atom. The molecule has 0 bridgehead atoms. The van der Waals surface area contributed by atoms with Crippen molar-refractivity contribution in [3.63, 3.8) is 0 Å². The van der Waals surface area contributed by atoms with Gasteiger partial charge in [-0.3, -0.25) is 0 Å². The van der Waals surface area contributed by atoms with Gasteiger partial charge in [-0.05, 0) is 30.7 Å². The molecule has 4 nitrogen and oxygen atoms in total. The molecular weight excluding hydrogens is 204 g/mol. The van der Waals surface area contributed by atoms with Gasteiger partial charge in [0.05, 0.1) is 0 Å². The summed E-state index contributed by atoms with van der Waals surface area (Å²) in [5.41, 5.74) is 12.1. The molecule has 1 aliphatic carbocycles. The molecule has 0 amide bonds. The van der Waals surface area contributed by atoms with Crippen molar-refractivity contribution in [2.75, 3.05) is 5.73 Å². The Bertz CT molecular complexity index is 506. The van der Waals surface area contributed by atoms with Gasteiger partial charge in [0.2, 0.25) is 0 Å². The Kier molecular flexibility index (Phi) is 1.91. The van der Waals surface area contributed by atoms with Crippen LogP contribution in [0.25, 0.3) is 0 Å². The molecule has 0 fully saturated rings. The van der Waals surface area contributed by atoms with Crippen molar-refractivity contribution in [2.24, 2.45) is 5.73 Å². The standard InChI is InChI=1S/C12H12N2O2/c13-7-1-3-9-11(5-7)16-10-4-2-8(14)6-12(10)15-9/h1,3-6,8H,2,13-14H2. The number of benzene rings is 1. The van der Waals surface area contributed by atoms with E-state index in [1.807, 2.05) is 12.2 Å². The molecule has 82 valence electrons. The summed E-state index contributed by atoms with van der Waals surface area (Å²) < 4.78 is 11.4. The molecule has 4 N–H and O–H groups in total. The summed E-state index contributed by atoms with van der Waals surface area (Å²) in [7, 11) is 0. The maximum absolute atomic E-state index is 5.81. The summed E-state index contributed by atoms with van der Waals surface area (Å²) in [6.07, 6.45) is 4.57. The van der Waals surface area contributed by atoms with Gasteiger partial charge in [0.1, 0.15) is 0 Å². The first-order valence-electron chi connectivity index (χ1n) is 5.15. The minimum Gasteiger partial charge on any atom is -0.450 e. The van der Waals surface area contributed by atoms with Gasteiger partial charge in [0.15, 0.2) is 23.0 Å². The zero-order chi connectivity index (χ0) is 11.1. The van der Waals surface area contributed by atoms with Gasteiger partial charge in [-0.25, -0.2) is 0 Å². The van der Waals surface area contributed by atoms with E-state index in [1.165, 1.54) is 0 Å². The quantitative estimate of drug-likeness (QED) is 0.645. The topological polar surface area (TPSA) is 70.5 Å². The third kappa shape index (κ3) is 1.44. The number of rotatable bonds is 0. The Hall–Kier alpha value is -1.94. The number of anilines is 1. The first-order valence-corrected chi connectivity index (χ1v) is 5.15. The monoisotopic (exact) mass is 216 g/mol. The highest BCUT2D eigenvalue weighted by Gasteiger charge is 2.24. The van der Waals surface area contributed by atoms with Gasteiger partial charge in [-0.2, -0.15) is 0 Å². The predicted molar refractivity (Wildman–Crippen MR) is 60.9 cm³/mol. The van der Waals surface area contributed by atoms with Crippen LogP contribution in [0.5, 0.6) is 11.5 Å². The molecule has 4 heteroatoms. The normalized spacial score (nSPS) is 21.9. The predicted octanol–water partition coefficient (Wildman–Crippen LogP) is 1.54. The largest absolute Gasteiger partial charge is 0.450 e. The Morgan fingerprint density at radius 1 is 1.12 bits per heavy atom. The Balaban J connectivity index is 2.04. The lowest BCUT2D eigenvalue weighted by Crippen LogP contribution is -2.24. The van der Waals surface area contributed by atoms with Gasteiger partial charge < -0.3 is 20.9 Å². The van der Waals surface area contributed by atoms with E-state index < -0.39 is 0 Å². The van der Waals surface area contributed by atoms with Crippen LogP contribution in [0.4, 0.5) is 5.69 Å². The molecule has 1 heterocycles. The van der Waals surface area contributed by atoms with E-state index in [-0.39, 0.29) is 6.04 Å². The Labute approximate surface area is 93.1 Å². The van der Waals surface area contributed by atoms with Crippen LogP contribution in [-0.2, 0) is 0 Å². The van der Waals surface area contributed by atoms with E-state index in [0.717, 1.165) is 12.2 Å². The highest BCUT2D eigenvalue weighted by atomic mass is 16.6. The van der Waals surface area contributed by atoms with Gasteiger partial charge in [0.25, 0.3) is 0 Å². The highest BCUT2D eigenvalue weighted by Crippen LogP contribution is 2.39. The number of nitrogen functional groups attached to an aromatic ring is 1. The van der Waals surface area contributed by atoms with E-state index in [0.29, 0.717) is 22.9 Å². The first kappa shape index (κ1) is 9.30. The molecular formula is C12H12N2O2. The fourth-order valence-electron chi connectivity index (χ4n) is 1.79. The molecule has 1 atom stereocenters. The van der Waals surface area contributed by atoms with Crippen LogP contribution < -0.4 is 20.9 Å². The summed E-state index contributed by atoms with van der Waals surface area (Å²) in [5, 5.41) is 0. The second kappa shape index (κ2) is 3.28. The van der Waals surface area contributed by atoms with E-state index in [9.17, 15) is 0 Å². The average molecular weight is 216 g/mol. The molecule has 3 rings (SSSR count). The second-order valence-corrected chi connectivity index (χ2v) is 3.91. The fourth-order valence-corrected chi connectivity index (χ4v) is 1.79. The smallest absolute Gasteiger partial charge is 0.172 e. The summed E-state index contributed by atoms with van der Waals surface area (Å²) in [4.78, 5) is 0. The SMILES string of the molecule is Nc1ccc2c(c1)OC1=CCC(N)C=C1O2. The van der Waals surface area contributed by atoms with Gasteiger partial charge >= 0.3 is 0 Å². The lowest BCUT2D eigenvalue weighted by Gasteiger charge is -2.26. The number of hydrogen-bond acceptors (Lipinski definition) is 4. The van der Waals surface area contributed by atoms with Crippen molar-refractivity contribution in [2.45, 2.75) is 12.5 Å². The first-order chi connectivity index (χ1) is 7.72. The van der Waals surface area contributed by atoms with E-state index in [4.69, 9.17) is 20.9 Å². The van der Waals surface area contributed by atoms with E-state index >= 15 is 0 Å². The van der Waals surface area contributed by atoms with Crippen LogP contribution in [-0.4, -0.2) is 6.04 Å². The lowest BCUT2D eigenvalue weighted by molar-refractivity contribution is 0.287. The van der Waals surface area contributed by atoms with Crippen molar-refractivity contribution < 1.29 is 9.47 Å². The molecule has 0 saturated carbocycles. The van der Waals surface area contributed by atoms with Crippen LogP contribution in [0.2, 0.25) is 0 Å². The molecule has 1 unspecified atom stereocenters. The number of fused-ring (bicyclic) bond motifs is 2. The maximum Gasteiger partial charge on any atom is 0.172 e. The molecule has 2 aliphatic rings. The molecule has 16 heavy (non-hydrogen) atoms. The van der Waals surface area contributed by atoms with Crippen LogP contribution in [0.1, 0.15) is 6.42 Å². The van der Waals surface area contributed by atoms with Crippen molar-refractivity contribution in [3.8, 4) is 11.5 Å². The fraction of sp³-hybridized carbons (Fsp3) is 0.167. The summed E-state index contributed by atoms with van der Waals surface area (Å²) in [6, 6.07) is 5.32. The third-order valence-corrected chi connectivity index (χ3v) is 2.59. The molecule has 0 aromatic heterocycles. The minimum atomic E-state index is -0.00215. The molecule has 1 aliphatic heterocycles. The summed E-state index contributed by atoms with van der Waals surface area (Å²) in [6.45, 7) is 0. The number of hydrogen-bond donors (Lipinski definition) is 2. The second-order valence-electron chi connectivity index (χ2n) is 3.91. The zero-order valence-corrected chi connectivity index (χ0v) is 8.64. The van der Waals surface area contributed by atoms with Crippen LogP contribution in [0.15, 0.2) is 41.9 Å². The minimum absolute atomic E-state index is 0.00215. The zero-order valence-electron chi connectivity index (χ0n) is 8.64. The summed E-state index contributed by atoms with van der Waals surface area (Å²) >= 11 is 0. The van der Waals surface area contributed by atoms with Crippen molar-refractivity contribution in [1.29, 1.82) is 0 Å². The lowest BCUT2D eigenvalue weighted by atomic mass is 10.1. The average Bonchev–Trinajstić information content (AvgIpc) is 2.26. The number of nitrogens with two attached hydrogens (primary N) is 2. The van der Waals surface area contributed by atoms with Crippen LogP contribution in [0.3, 0.4) is 0 Å². The maximum atomic E-state index is 5.81. The van der Waals surface area contributed by atoms with Gasteiger partial charge in [-0.1, -0.05) is 0 Å². The Morgan fingerprint density at radius 2 is 1.94 bits per heavy atom. The molecule has 0 radical (unpaired) electrons. The van der Waals surface area contributed by atoms with E-state index in [2.05, 4.69) is 0 Å². The van der Waals surface area contributed by atoms with Crippen molar-refractivity contribution in [1.82, 2.24) is 0 Å². The van der Waals surface area contributed by atoms with E-state index in [1.54, 1.807) is 18.2 Å². The van der Waals surface area contributed by atoms with Crippen molar-refractivity contribution in [3.05, 3.63) is 41.9 Å².